The molecule has 0 radical (unpaired) electrons. The molecule has 2 aromatic carbocycles. The van der Waals surface area contributed by atoms with Gasteiger partial charge in [0.05, 0.1) is 17.0 Å². The first-order valence-corrected chi connectivity index (χ1v) is 7.20. The Kier molecular flexibility index (Phi) is 4.54. The number of halogens is 1. The van der Waals surface area contributed by atoms with E-state index in [-0.39, 0.29) is 11.2 Å². The van der Waals surface area contributed by atoms with Crippen molar-refractivity contribution in [3.05, 3.63) is 58.7 Å². The van der Waals surface area contributed by atoms with Gasteiger partial charge in [-0.2, -0.15) is 4.73 Å². The molecule has 0 aliphatic rings. The molecule has 3 rings (SSSR count). The van der Waals surface area contributed by atoms with Gasteiger partial charge in [0, 0.05) is 10.0 Å². The van der Waals surface area contributed by atoms with Crippen LogP contribution in [0.5, 0.6) is 5.75 Å². The lowest BCUT2D eigenvalue weighted by molar-refractivity contribution is 0.184. The number of aromatic hydroxyl groups is 1. The van der Waals surface area contributed by atoms with Crippen LogP contribution in [0.1, 0.15) is 5.69 Å². The highest BCUT2D eigenvalue weighted by atomic mass is 79.9. The molecule has 0 fully saturated rings. The van der Waals surface area contributed by atoms with E-state index in [1.807, 2.05) is 30.3 Å². The average Bonchev–Trinajstić information content (AvgIpc) is 2.79. The van der Waals surface area contributed by atoms with Gasteiger partial charge in [-0.15, -0.1) is 0 Å². The van der Waals surface area contributed by atoms with Crippen molar-refractivity contribution < 1.29 is 15.8 Å². The van der Waals surface area contributed by atoms with Crippen LogP contribution in [0, 0.1) is 6.92 Å². The van der Waals surface area contributed by atoms with Gasteiger partial charge in [-0.25, -0.2) is 4.98 Å². The van der Waals surface area contributed by atoms with E-state index in [9.17, 15) is 10.3 Å². The summed E-state index contributed by atoms with van der Waals surface area (Å²) < 4.78 is 1.81. The lowest BCUT2D eigenvalue weighted by Crippen LogP contribution is -1.96. The number of nitrogens with zero attached hydrogens (tertiary/aromatic N) is 2. The zero-order valence-electron chi connectivity index (χ0n) is 11.8. The first-order chi connectivity index (χ1) is 10.1. The molecule has 0 spiro atoms. The molecule has 5 nitrogen and oxygen atoms in total. The number of benzene rings is 2. The number of phenolic OH excluding ortho intramolecular Hbond substituents is 1. The maximum atomic E-state index is 10.3. The molecule has 22 heavy (non-hydrogen) atoms. The van der Waals surface area contributed by atoms with Crippen molar-refractivity contribution in [3.8, 4) is 28.4 Å². The van der Waals surface area contributed by atoms with Gasteiger partial charge in [-0.05, 0) is 25.1 Å². The van der Waals surface area contributed by atoms with Gasteiger partial charge < -0.3 is 15.8 Å². The van der Waals surface area contributed by atoms with Crippen molar-refractivity contribution in [1.29, 1.82) is 0 Å². The Labute approximate surface area is 135 Å². The Morgan fingerprint density at radius 1 is 1.09 bits per heavy atom. The number of hydrogen-bond acceptors (Lipinski definition) is 3. The van der Waals surface area contributed by atoms with E-state index in [1.54, 1.807) is 25.1 Å². The quantitative estimate of drug-likeness (QED) is 0.684. The van der Waals surface area contributed by atoms with Crippen LogP contribution in [0.3, 0.4) is 0 Å². The third-order valence-corrected chi connectivity index (χ3v) is 3.82. The van der Waals surface area contributed by atoms with Crippen molar-refractivity contribution in [2.75, 3.05) is 0 Å². The molecule has 4 N–H and O–H groups in total. The summed E-state index contributed by atoms with van der Waals surface area (Å²) in [6.07, 6.45) is 0. The number of phenols is 1. The third kappa shape index (κ3) is 2.70. The smallest absolute Gasteiger partial charge is 0.179 e. The maximum Gasteiger partial charge on any atom is 0.179 e. The fourth-order valence-electron chi connectivity index (χ4n) is 2.22. The van der Waals surface area contributed by atoms with Gasteiger partial charge in [0.15, 0.2) is 5.82 Å². The average molecular weight is 363 g/mol. The molecule has 1 aromatic heterocycles. The van der Waals surface area contributed by atoms with Crippen LogP contribution in [0.2, 0.25) is 0 Å². The van der Waals surface area contributed by atoms with Crippen LogP contribution in [0.25, 0.3) is 22.6 Å². The lowest BCUT2D eigenvalue weighted by Gasteiger charge is -2.04. The summed E-state index contributed by atoms with van der Waals surface area (Å²) in [5.41, 5.74) is 2.69. The first kappa shape index (κ1) is 16.1. The molecule has 0 bridgehead atoms. The topological polar surface area (TPSA) is 89.8 Å². The Balaban J connectivity index is 0.00000176. The van der Waals surface area contributed by atoms with Crippen molar-refractivity contribution >= 4 is 15.9 Å². The molecule has 0 unspecified atom stereocenters. The molecule has 3 aromatic rings. The summed E-state index contributed by atoms with van der Waals surface area (Å²) in [6, 6.07) is 14.6. The Morgan fingerprint density at radius 2 is 1.77 bits per heavy atom. The van der Waals surface area contributed by atoms with Crippen LogP contribution in [0.4, 0.5) is 0 Å². The van der Waals surface area contributed by atoms with Gasteiger partial charge in [0.25, 0.3) is 0 Å². The van der Waals surface area contributed by atoms with E-state index in [2.05, 4.69) is 20.9 Å². The number of imidazole rings is 1. The third-order valence-electron chi connectivity index (χ3n) is 3.33. The molecule has 0 saturated heterocycles. The summed E-state index contributed by atoms with van der Waals surface area (Å²) in [4.78, 5) is 4.48. The molecule has 114 valence electrons. The molecule has 0 aliphatic carbocycles. The van der Waals surface area contributed by atoms with Gasteiger partial charge in [-0.3, -0.25) is 0 Å². The number of aromatic nitrogens is 2. The molecule has 6 heteroatoms. The SMILES string of the molecule is Cc1c(-c2ccccc2)nc(-c2cc(Br)ccc2O)n1O.O. The molecular formula is C16H15BrN2O3. The summed E-state index contributed by atoms with van der Waals surface area (Å²) in [6.45, 7) is 1.79. The standard InChI is InChI=1S/C16H13BrN2O2.H2O/c1-10-15(11-5-3-2-4-6-11)18-16(19(10)21)13-9-12(17)7-8-14(13)20;/h2-9,20-21H,1H3;1H2. The van der Waals surface area contributed by atoms with E-state index in [0.29, 0.717) is 22.8 Å². The predicted molar refractivity (Wildman–Crippen MR) is 88.0 cm³/mol. The summed E-state index contributed by atoms with van der Waals surface area (Å²) in [5, 5.41) is 20.3. The van der Waals surface area contributed by atoms with Gasteiger partial charge >= 0.3 is 0 Å². The van der Waals surface area contributed by atoms with Crippen molar-refractivity contribution in [2.24, 2.45) is 0 Å². The molecule has 0 amide bonds. The minimum Gasteiger partial charge on any atom is -0.507 e. The predicted octanol–water partition coefficient (Wildman–Crippen LogP) is 3.41. The van der Waals surface area contributed by atoms with Crippen LogP contribution in [-0.4, -0.2) is 25.5 Å². The Hall–Kier alpha value is -2.31. The van der Waals surface area contributed by atoms with Crippen LogP contribution >= 0.6 is 15.9 Å². The Bertz CT molecular complexity index is 801. The zero-order valence-corrected chi connectivity index (χ0v) is 13.4. The van der Waals surface area contributed by atoms with Crippen molar-refractivity contribution in [1.82, 2.24) is 9.71 Å². The number of hydrogen-bond donors (Lipinski definition) is 2. The van der Waals surface area contributed by atoms with Crippen LogP contribution in [0.15, 0.2) is 53.0 Å². The second-order valence-corrected chi connectivity index (χ2v) is 5.62. The molecule has 1 heterocycles. The summed E-state index contributed by atoms with van der Waals surface area (Å²) in [7, 11) is 0. The second kappa shape index (κ2) is 6.21. The highest BCUT2D eigenvalue weighted by Crippen LogP contribution is 2.34. The van der Waals surface area contributed by atoms with Gasteiger partial charge in [0.2, 0.25) is 0 Å². The minimum atomic E-state index is 0. The first-order valence-electron chi connectivity index (χ1n) is 6.41. The normalized spacial score (nSPS) is 10.3. The van der Waals surface area contributed by atoms with E-state index < -0.39 is 0 Å². The Morgan fingerprint density at radius 3 is 2.45 bits per heavy atom. The van der Waals surface area contributed by atoms with Crippen LogP contribution < -0.4 is 0 Å². The fraction of sp³-hybridized carbons (Fsp3) is 0.0625. The van der Waals surface area contributed by atoms with E-state index >= 15 is 0 Å². The minimum absolute atomic E-state index is 0. The fourth-order valence-corrected chi connectivity index (χ4v) is 2.59. The monoisotopic (exact) mass is 362 g/mol. The lowest BCUT2D eigenvalue weighted by atomic mass is 10.1. The maximum absolute atomic E-state index is 10.3. The van der Waals surface area contributed by atoms with Crippen molar-refractivity contribution in [3.63, 3.8) is 0 Å². The second-order valence-electron chi connectivity index (χ2n) is 4.71. The van der Waals surface area contributed by atoms with Crippen molar-refractivity contribution in [2.45, 2.75) is 6.92 Å². The molecule has 0 atom stereocenters. The van der Waals surface area contributed by atoms with E-state index in [0.717, 1.165) is 14.8 Å². The summed E-state index contributed by atoms with van der Waals surface area (Å²) in [5.74, 6) is 0.378. The zero-order chi connectivity index (χ0) is 15.0. The van der Waals surface area contributed by atoms with E-state index in [1.165, 1.54) is 0 Å². The van der Waals surface area contributed by atoms with Gasteiger partial charge in [-0.1, -0.05) is 46.3 Å². The highest BCUT2D eigenvalue weighted by molar-refractivity contribution is 9.10. The molecule has 0 saturated carbocycles. The summed E-state index contributed by atoms with van der Waals surface area (Å²) >= 11 is 3.36. The van der Waals surface area contributed by atoms with Gasteiger partial charge in [0.1, 0.15) is 5.75 Å². The molecular weight excluding hydrogens is 348 g/mol. The molecule has 0 aliphatic heterocycles. The number of rotatable bonds is 2. The largest absolute Gasteiger partial charge is 0.507 e. The van der Waals surface area contributed by atoms with Crippen LogP contribution in [-0.2, 0) is 0 Å². The van der Waals surface area contributed by atoms with E-state index in [4.69, 9.17) is 0 Å². The highest BCUT2D eigenvalue weighted by Gasteiger charge is 2.18.